The maximum atomic E-state index is 12.3. The lowest BCUT2D eigenvalue weighted by Gasteiger charge is -2.37. The van der Waals surface area contributed by atoms with Crippen molar-refractivity contribution in [3.8, 4) is 11.4 Å². The zero-order valence-corrected chi connectivity index (χ0v) is 14.3. The van der Waals surface area contributed by atoms with Crippen LogP contribution >= 0.6 is 0 Å². The van der Waals surface area contributed by atoms with E-state index in [0.717, 1.165) is 41.9 Å². The lowest BCUT2D eigenvalue weighted by Crippen LogP contribution is -2.55. The second-order valence-electron chi connectivity index (χ2n) is 6.02. The number of rotatable bonds is 3. The number of aromatic nitrogens is 3. The van der Waals surface area contributed by atoms with Gasteiger partial charge in [0.05, 0.1) is 5.56 Å². The lowest BCUT2D eigenvalue weighted by molar-refractivity contribution is -0.132. The van der Waals surface area contributed by atoms with E-state index < -0.39 is 0 Å². The monoisotopic (exact) mass is 317 g/mol. The third-order valence-corrected chi connectivity index (χ3v) is 4.46. The molecule has 0 saturated carbocycles. The van der Waals surface area contributed by atoms with Gasteiger partial charge in [0, 0.05) is 26.7 Å². The molecule has 2 aromatic rings. The van der Waals surface area contributed by atoms with Crippen molar-refractivity contribution in [1.29, 1.82) is 0 Å². The first-order valence-corrected chi connectivity index (χ1v) is 7.96. The molecule has 7 heteroatoms. The molecule has 7 nitrogen and oxygen atoms in total. The van der Waals surface area contributed by atoms with Gasteiger partial charge in [-0.05, 0) is 33.8 Å². The Kier molecular flexibility index (Phi) is 3.87. The van der Waals surface area contributed by atoms with Crippen LogP contribution < -0.4 is 4.90 Å². The Morgan fingerprint density at radius 1 is 1.30 bits per heavy atom. The number of carbonyl (C=O) groups excluding carboxylic acids is 1. The summed E-state index contributed by atoms with van der Waals surface area (Å²) in [6.07, 6.45) is 0. The van der Waals surface area contributed by atoms with Gasteiger partial charge in [0.1, 0.15) is 17.6 Å². The maximum Gasteiger partial charge on any atom is 0.244 e. The molecule has 124 valence electrons. The lowest BCUT2D eigenvalue weighted by atomic mass is 10.2. The van der Waals surface area contributed by atoms with E-state index in [-0.39, 0.29) is 11.9 Å². The molecule has 1 aliphatic rings. The molecule has 0 radical (unpaired) electrons. The molecule has 2 aromatic heterocycles. The average molecular weight is 317 g/mol. The Labute approximate surface area is 135 Å². The number of hydrogen-bond donors (Lipinski definition) is 0. The van der Waals surface area contributed by atoms with Crippen molar-refractivity contribution in [1.82, 2.24) is 19.7 Å². The fourth-order valence-electron chi connectivity index (χ4n) is 3.14. The molecular weight excluding hydrogens is 294 g/mol. The van der Waals surface area contributed by atoms with Crippen molar-refractivity contribution in [3.05, 3.63) is 17.6 Å². The van der Waals surface area contributed by atoms with Crippen molar-refractivity contribution >= 4 is 11.9 Å². The van der Waals surface area contributed by atoms with Crippen LogP contribution in [0.15, 0.2) is 10.5 Å². The first kappa shape index (κ1) is 15.6. The van der Waals surface area contributed by atoms with Crippen molar-refractivity contribution in [3.63, 3.8) is 0 Å². The van der Waals surface area contributed by atoms with E-state index in [4.69, 9.17) is 4.42 Å². The van der Waals surface area contributed by atoms with Crippen LogP contribution in [-0.2, 0) is 11.3 Å². The van der Waals surface area contributed by atoms with Gasteiger partial charge in [-0.25, -0.2) is 0 Å². The largest absolute Gasteiger partial charge is 0.466 e. The van der Waals surface area contributed by atoms with Gasteiger partial charge >= 0.3 is 0 Å². The number of anilines is 1. The van der Waals surface area contributed by atoms with Crippen molar-refractivity contribution in [2.75, 3.05) is 25.0 Å². The number of carbonyl (C=O) groups is 1. The van der Waals surface area contributed by atoms with E-state index in [0.29, 0.717) is 6.54 Å². The van der Waals surface area contributed by atoms with Gasteiger partial charge in [-0.1, -0.05) is 0 Å². The molecule has 3 heterocycles. The van der Waals surface area contributed by atoms with E-state index in [1.54, 1.807) is 4.90 Å². The number of aryl methyl sites for hydroxylation is 2. The molecule has 0 aliphatic carbocycles. The first-order chi connectivity index (χ1) is 10.9. The molecule has 23 heavy (non-hydrogen) atoms. The molecule has 1 saturated heterocycles. The summed E-state index contributed by atoms with van der Waals surface area (Å²) in [5.74, 6) is 3.33. The van der Waals surface area contributed by atoms with Crippen LogP contribution in [0.4, 0.5) is 5.95 Å². The van der Waals surface area contributed by atoms with E-state index in [1.807, 2.05) is 43.4 Å². The molecule has 1 atom stereocenters. The Bertz CT molecular complexity index is 733. The molecule has 1 unspecified atom stereocenters. The summed E-state index contributed by atoms with van der Waals surface area (Å²) in [4.78, 5) is 16.0. The molecule has 0 aromatic carbocycles. The van der Waals surface area contributed by atoms with E-state index in [2.05, 4.69) is 17.1 Å². The van der Waals surface area contributed by atoms with Crippen LogP contribution in [0.3, 0.4) is 0 Å². The summed E-state index contributed by atoms with van der Waals surface area (Å²) < 4.78 is 7.67. The Morgan fingerprint density at radius 2 is 2.04 bits per heavy atom. The average Bonchev–Trinajstić information content (AvgIpc) is 3.07. The van der Waals surface area contributed by atoms with Crippen LogP contribution in [-0.4, -0.2) is 51.8 Å². The van der Waals surface area contributed by atoms with Gasteiger partial charge in [0.25, 0.3) is 0 Å². The quantitative estimate of drug-likeness (QED) is 0.864. The Morgan fingerprint density at radius 3 is 2.65 bits per heavy atom. The summed E-state index contributed by atoms with van der Waals surface area (Å²) in [6, 6.07) is 1.75. The fourth-order valence-corrected chi connectivity index (χ4v) is 3.14. The van der Waals surface area contributed by atoms with Gasteiger partial charge in [-0.15, -0.1) is 10.2 Å². The molecule has 0 spiro atoms. The normalized spacial score (nSPS) is 18.8. The molecule has 0 bridgehead atoms. The highest BCUT2D eigenvalue weighted by Gasteiger charge is 2.33. The van der Waals surface area contributed by atoms with Crippen molar-refractivity contribution in [2.24, 2.45) is 0 Å². The summed E-state index contributed by atoms with van der Waals surface area (Å²) in [6.45, 7) is 10.0. The van der Waals surface area contributed by atoms with Gasteiger partial charge < -0.3 is 14.2 Å². The summed E-state index contributed by atoms with van der Waals surface area (Å²) in [7, 11) is 1.84. The van der Waals surface area contributed by atoms with Gasteiger partial charge in [-0.2, -0.15) is 0 Å². The molecular formula is C16H23N5O2. The van der Waals surface area contributed by atoms with Crippen LogP contribution in [0, 0.1) is 13.8 Å². The smallest absolute Gasteiger partial charge is 0.244 e. The van der Waals surface area contributed by atoms with Crippen molar-refractivity contribution < 1.29 is 9.21 Å². The number of amides is 1. The number of piperazine rings is 1. The summed E-state index contributed by atoms with van der Waals surface area (Å²) in [5.41, 5.74) is 0.955. The van der Waals surface area contributed by atoms with Crippen molar-refractivity contribution in [2.45, 2.75) is 40.3 Å². The number of likely N-dealkylation sites (N-methyl/N-ethyl adjacent to an activating group) is 1. The van der Waals surface area contributed by atoms with Crippen LogP contribution in [0.5, 0.6) is 0 Å². The molecule has 1 fully saturated rings. The van der Waals surface area contributed by atoms with Crippen LogP contribution in [0.2, 0.25) is 0 Å². The molecule has 1 amide bonds. The zero-order valence-electron chi connectivity index (χ0n) is 14.3. The summed E-state index contributed by atoms with van der Waals surface area (Å²) >= 11 is 0. The van der Waals surface area contributed by atoms with Crippen LogP contribution in [0.25, 0.3) is 11.4 Å². The van der Waals surface area contributed by atoms with E-state index in [9.17, 15) is 4.79 Å². The van der Waals surface area contributed by atoms with Gasteiger partial charge in [0.2, 0.25) is 11.9 Å². The Balaban J connectivity index is 2.02. The standard InChI is InChI=1S/C16H23N5O2/c1-6-20-14(13-9-10(2)23-12(13)4)17-18-16(20)21-8-7-19(5)15(22)11(21)3/h9,11H,6-8H2,1-5H3. The topological polar surface area (TPSA) is 67.4 Å². The fraction of sp³-hybridized carbons (Fsp3) is 0.562. The molecule has 0 N–H and O–H groups in total. The highest BCUT2D eigenvalue weighted by molar-refractivity contribution is 5.85. The number of nitrogens with zero attached hydrogens (tertiary/aromatic N) is 5. The highest BCUT2D eigenvalue weighted by atomic mass is 16.3. The third kappa shape index (κ3) is 2.50. The third-order valence-electron chi connectivity index (χ3n) is 4.46. The maximum absolute atomic E-state index is 12.3. The molecule has 1 aliphatic heterocycles. The predicted molar refractivity (Wildman–Crippen MR) is 87.3 cm³/mol. The predicted octanol–water partition coefficient (Wildman–Crippen LogP) is 1.84. The Hall–Kier alpha value is -2.31. The minimum Gasteiger partial charge on any atom is -0.466 e. The minimum absolute atomic E-state index is 0.110. The SMILES string of the molecule is CCn1c(-c2cc(C)oc2C)nnc1N1CCN(C)C(=O)C1C. The van der Waals surface area contributed by atoms with E-state index >= 15 is 0 Å². The van der Waals surface area contributed by atoms with Crippen LogP contribution in [0.1, 0.15) is 25.4 Å². The van der Waals surface area contributed by atoms with E-state index in [1.165, 1.54) is 0 Å². The second-order valence-corrected chi connectivity index (χ2v) is 6.02. The van der Waals surface area contributed by atoms with Gasteiger partial charge in [-0.3, -0.25) is 9.36 Å². The summed E-state index contributed by atoms with van der Waals surface area (Å²) in [5, 5.41) is 8.75. The molecule has 3 rings (SSSR count). The first-order valence-electron chi connectivity index (χ1n) is 7.96. The minimum atomic E-state index is -0.233. The highest BCUT2D eigenvalue weighted by Crippen LogP contribution is 2.29. The number of hydrogen-bond acceptors (Lipinski definition) is 5. The second kappa shape index (κ2) is 5.72. The van der Waals surface area contributed by atoms with Gasteiger partial charge in [0.15, 0.2) is 5.82 Å². The zero-order chi connectivity index (χ0) is 16.7. The number of furan rings is 1.